The van der Waals surface area contributed by atoms with E-state index in [1.165, 1.54) is 50.5 Å². The Bertz CT molecular complexity index is 400. The number of hydrogen-bond acceptors (Lipinski definition) is 1. The van der Waals surface area contributed by atoms with Gasteiger partial charge in [-0.05, 0) is 37.0 Å². The van der Waals surface area contributed by atoms with E-state index in [9.17, 15) is 4.79 Å². The summed E-state index contributed by atoms with van der Waals surface area (Å²) in [6.45, 7) is 5.17. The van der Waals surface area contributed by atoms with Gasteiger partial charge < -0.3 is 10.6 Å². The maximum atomic E-state index is 11.8. The lowest BCUT2D eigenvalue weighted by Gasteiger charge is -2.08. The highest BCUT2D eigenvalue weighted by Crippen LogP contribution is 2.12. The van der Waals surface area contributed by atoms with Gasteiger partial charge in [0.1, 0.15) is 0 Å². The van der Waals surface area contributed by atoms with E-state index in [0.717, 1.165) is 25.1 Å². The first kappa shape index (κ1) is 18.5. The molecule has 1 aromatic carbocycles. The van der Waals surface area contributed by atoms with Gasteiger partial charge in [0.15, 0.2) is 0 Å². The molecular formula is C19H32N2O. The lowest BCUT2D eigenvalue weighted by molar-refractivity contribution is 0.252. The number of amides is 2. The fraction of sp³-hybridized carbons (Fsp3) is 0.632. The molecule has 0 saturated heterocycles. The van der Waals surface area contributed by atoms with Gasteiger partial charge in [0.25, 0.3) is 0 Å². The zero-order chi connectivity index (χ0) is 16.0. The van der Waals surface area contributed by atoms with Crippen molar-refractivity contribution >= 4 is 11.7 Å². The maximum absolute atomic E-state index is 11.8. The molecule has 0 aromatic heterocycles. The number of anilines is 1. The van der Waals surface area contributed by atoms with Crippen molar-refractivity contribution in [3.8, 4) is 0 Å². The van der Waals surface area contributed by atoms with E-state index in [2.05, 4.69) is 36.6 Å². The van der Waals surface area contributed by atoms with E-state index >= 15 is 0 Å². The summed E-state index contributed by atoms with van der Waals surface area (Å²) in [5.74, 6) is 0. The average molecular weight is 304 g/mol. The molecule has 0 aliphatic heterocycles. The minimum absolute atomic E-state index is 0.104. The van der Waals surface area contributed by atoms with E-state index in [4.69, 9.17) is 0 Å². The first-order valence-electron chi connectivity index (χ1n) is 8.90. The molecule has 1 rings (SSSR count). The second-order valence-electron chi connectivity index (χ2n) is 5.95. The van der Waals surface area contributed by atoms with Gasteiger partial charge in [-0.1, -0.05) is 64.5 Å². The number of nitrogens with one attached hydrogen (secondary N) is 2. The lowest BCUT2D eigenvalue weighted by Crippen LogP contribution is -2.29. The van der Waals surface area contributed by atoms with Gasteiger partial charge in [-0.15, -0.1) is 0 Å². The first-order chi connectivity index (χ1) is 10.8. The summed E-state index contributed by atoms with van der Waals surface area (Å²) in [6, 6.07) is 8.11. The van der Waals surface area contributed by atoms with Crippen molar-refractivity contribution in [1.82, 2.24) is 5.32 Å². The van der Waals surface area contributed by atoms with Crippen LogP contribution in [0.5, 0.6) is 0 Å². The quantitative estimate of drug-likeness (QED) is 0.520. The third kappa shape index (κ3) is 8.71. The highest BCUT2D eigenvalue weighted by Gasteiger charge is 2.01. The Hall–Kier alpha value is -1.51. The largest absolute Gasteiger partial charge is 0.338 e. The van der Waals surface area contributed by atoms with Gasteiger partial charge >= 0.3 is 6.03 Å². The molecule has 0 spiro atoms. The summed E-state index contributed by atoms with van der Waals surface area (Å²) < 4.78 is 0. The molecule has 0 heterocycles. The molecule has 0 unspecified atom stereocenters. The molecule has 124 valence electrons. The molecule has 22 heavy (non-hydrogen) atoms. The van der Waals surface area contributed by atoms with Crippen LogP contribution >= 0.6 is 0 Å². The maximum Gasteiger partial charge on any atom is 0.319 e. The topological polar surface area (TPSA) is 41.1 Å². The van der Waals surface area contributed by atoms with E-state index in [0.29, 0.717) is 0 Å². The van der Waals surface area contributed by atoms with Crippen LogP contribution in [0.1, 0.15) is 70.8 Å². The van der Waals surface area contributed by atoms with Gasteiger partial charge in [0.2, 0.25) is 0 Å². The van der Waals surface area contributed by atoms with Crippen LogP contribution in [0.2, 0.25) is 0 Å². The van der Waals surface area contributed by atoms with Gasteiger partial charge in [-0.25, -0.2) is 4.79 Å². The molecule has 0 bridgehead atoms. The van der Waals surface area contributed by atoms with Crippen molar-refractivity contribution < 1.29 is 4.79 Å². The number of unbranched alkanes of at least 4 members (excludes halogenated alkanes) is 6. The summed E-state index contributed by atoms with van der Waals surface area (Å²) in [7, 11) is 0. The van der Waals surface area contributed by atoms with Crippen LogP contribution < -0.4 is 10.6 Å². The van der Waals surface area contributed by atoms with Crippen molar-refractivity contribution in [1.29, 1.82) is 0 Å². The Morgan fingerprint density at radius 3 is 2.14 bits per heavy atom. The van der Waals surface area contributed by atoms with Gasteiger partial charge in [-0.2, -0.15) is 0 Å². The first-order valence-corrected chi connectivity index (χ1v) is 8.90. The number of carbonyl (C=O) groups excluding carboxylic acids is 1. The third-order valence-electron chi connectivity index (χ3n) is 3.85. The van der Waals surface area contributed by atoms with Crippen molar-refractivity contribution in [3.63, 3.8) is 0 Å². The zero-order valence-electron chi connectivity index (χ0n) is 14.3. The fourth-order valence-corrected chi connectivity index (χ4v) is 2.44. The summed E-state index contributed by atoms with van der Waals surface area (Å²) in [5.41, 5.74) is 2.21. The van der Waals surface area contributed by atoms with Crippen molar-refractivity contribution in [2.75, 3.05) is 11.9 Å². The van der Waals surface area contributed by atoms with Crippen LogP contribution in [0.25, 0.3) is 0 Å². The molecule has 2 amide bonds. The highest BCUT2D eigenvalue weighted by molar-refractivity contribution is 5.89. The van der Waals surface area contributed by atoms with Crippen LogP contribution in [0.15, 0.2) is 24.3 Å². The fourth-order valence-electron chi connectivity index (χ4n) is 2.44. The van der Waals surface area contributed by atoms with Gasteiger partial charge in [-0.3, -0.25) is 0 Å². The molecule has 2 N–H and O–H groups in total. The minimum atomic E-state index is -0.104. The Balaban J connectivity index is 2.21. The Morgan fingerprint density at radius 2 is 1.50 bits per heavy atom. The van der Waals surface area contributed by atoms with E-state index in [1.54, 1.807) is 0 Å². The summed E-state index contributed by atoms with van der Waals surface area (Å²) in [6.07, 6.45) is 11.0. The number of urea groups is 1. The molecule has 0 atom stereocenters. The Morgan fingerprint density at radius 1 is 0.864 bits per heavy atom. The number of hydrogen-bond donors (Lipinski definition) is 2. The molecular weight excluding hydrogens is 272 g/mol. The molecule has 0 fully saturated rings. The summed E-state index contributed by atoms with van der Waals surface area (Å²) >= 11 is 0. The molecule has 3 nitrogen and oxygen atoms in total. The second-order valence-corrected chi connectivity index (χ2v) is 5.95. The van der Waals surface area contributed by atoms with Crippen molar-refractivity contribution in [3.05, 3.63) is 29.8 Å². The number of benzene rings is 1. The van der Waals surface area contributed by atoms with E-state index in [-0.39, 0.29) is 6.03 Å². The minimum Gasteiger partial charge on any atom is -0.338 e. The van der Waals surface area contributed by atoms with Crippen LogP contribution in [0, 0.1) is 0 Å². The monoisotopic (exact) mass is 304 g/mol. The molecule has 3 heteroatoms. The average Bonchev–Trinajstić information content (AvgIpc) is 2.53. The van der Waals surface area contributed by atoms with Crippen LogP contribution in [-0.4, -0.2) is 12.6 Å². The van der Waals surface area contributed by atoms with Crippen molar-refractivity contribution in [2.45, 2.75) is 71.6 Å². The Labute approximate surface area is 135 Å². The predicted molar refractivity (Wildman–Crippen MR) is 95.5 cm³/mol. The van der Waals surface area contributed by atoms with Crippen LogP contribution in [-0.2, 0) is 6.42 Å². The number of carbonyl (C=O) groups is 1. The number of aryl methyl sites for hydroxylation is 1. The van der Waals surface area contributed by atoms with Crippen LogP contribution in [0.3, 0.4) is 0 Å². The summed E-state index contributed by atoms with van der Waals surface area (Å²) in [4.78, 5) is 11.8. The van der Waals surface area contributed by atoms with E-state index < -0.39 is 0 Å². The number of rotatable bonds is 11. The molecule has 0 aliphatic rings. The zero-order valence-corrected chi connectivity index (χ0v) is 14.3. The normalized spacial score (nSPS) is 10.5. The SMILES string of the molecule is CCCCCCNC(=O)Nc1ccc(CCCCCC)cc1. The molecule has 1 aromatic rings. The Kier molecular flexibility index (Phi) is 10.2. The van der Waals surface area contributed by atoms with Gasteiger partial charge in [0, 0.05) is 12.2 Å². The van der Waals surface area contributed by atoms with Crippen molar-refractivity contribution in [2.24, 2.45) is 0 Å². The summed E-state index contributed by atoms with van der Waals surface area (Å²) in [5, 5.41) is 5.79. The van der Waals surface area contributed by atoms with Crippen LogP contribution in [0.4, 0.5) is 10.5 Å². The van der Waals surface area contributed by atoms with Gasteiger partial charge in [0.05, 0.1) is 0 Å². The smallest absolute Gasteiger partial charge is 0.319 e. The van der Waals surface area contributed by atoms with E-state index in [1.807, 2.05) is 12.1 Å². The highest BCUT2D eigenvalue weighted by atomic mass is 16.2. The molecule has 0 radical (unpaired) electrons. The predicted octanol–water partition coefficient (Wildman–Crippen LogP) is 5.51. The lowest BCUT2D eigenvalue weighted by atomic mass is 10.1. The molecule has 0 saturated carbocycles. The second kappa shape index (κ2) is 12.1. The third-order valence-corrected chi connectivity index (χ3v) is 3.85. The molecule has 0 aliphatic carbocycles. The standard InChI is InChI=1S/C19H32N2O/c1-3-5-7-9-11-17-12-14-18(15-13-17)21-19(22)20-16-10-8-6-4-2/h12-15H,3-11,16H2,1-2H3,(H2,20,21,22).